The lowest BCUT2D eigenvalue weighted by Gasteiger charge is -2.26. The topological polar surface area (TPSA) is 40.6 Å². The Hall–Kier alpha value is -2.10. The van der Waals surface area contributed by atoms with Crippen LogP contribution >= 0.6 is 0 Å². The van der Waals surface area contributed by atoms with Gasteiger partial charge in [-0.15, -0.1) is 0 Å². The van der Waals surface area contributed by atoms with E-state index < -0.39 is 0 Å². The lowest BCUT2D eigenvalue weighted by Crippen LogP contribution is -2.35. The lowest BCUT2D eigenvalue weighted by molar-refractivity contribution is -0.127. The molecule has 25 heavy (non-hydrogen) atoms. The van der Waals surface area contributed by atoms with Gasteiger partial charge in [0.05, 0.1) is 0 Å². The molecule has 0 bridgehead atoms. The molecule has 2 amide bonds. The van der Waals surface area contributed by atoms with Crippen LogP contribution in [0.4, 0.5) is 5.69 Å². The van der Waals surface area contributed by atoms with Gasteiger partial charge in [0.25, 0.3) is 0 Å². The Morgan fingerprint density at radius 1 is 1.08 bits per heavy atom. The number of nitrogens with zero attached hydrogens (tertiary/aromatic N) is 2. The molecule has 4 nitrogen and oxygen atoms in total. The predicted octanol–water partition coefficient (Wildman–Crippen LogP) is 4.01. The Morgan fingerprint density at radius 3 is 2.36 bits per heavy atom. The molecule has 1 aromatic rings. The minimum Gasteiger partial charge on any atom is -0.339 e. The summed E-state index contributed by atoms with van der Waals surface area (Å²) in [5, 5.41) is 0. The van der Waals surface area contributed by atoms with Crippen molar-refractivity contribution in [2.75, 3.05) is 18.5 Å². The molecule has 3 rings (SSSR count). The number of hydrogen-bond donors (Lipinski definition) is 0. The molecule has 134 valence electrons. The Morgan fingerprint density at radius 2 is 1.76 bits per heavy atom. The van der Waals surface area contributed by atoms with Crippen LogP contribution < -0.4 is 4.90 Å². The zero-order valence-electron chi connectivity index (χ0n) is 15.1. The monoisotopic (exact) mass is 340 g/mol. The Labute approximate surface area is 150 Å². The minimum absolute atomic E-state index is 0.0747. The molecule has 0 atom stereocenters. The minimum atomic E-state index is 0.0747. The molecular weight excluding hydrogens is 312 g/mol. The lowest BCUT2D eigenvalue weighted by atomic mass is 10.1. The van der Waals surface area contributed by atoms with Crippen LogP contribution in [0.25, 0.3) is 6.08 Å². The second-order valence-corrected chi connectivity index (χ2v) is 7.17. The molecule has 2 fully saturated rings. The maximum absolute atomic E-state index is 12.4. The second-order valence-electron chi connectivity index (χ2n) is 7.17. The molecule has 1 saturated heterocycles. The van der Waals surface area contributed by atoms with Crippen molar-refractivity contribution < 1.29 is 9.59 Å². The summed E-state index contributed by atoms with van der Waals surface area (Å²) in [6, 6.07) is 8.24. The van der Waals surface area contributed by atoms with Gasteiger partial charge in [0.2, 0.25) is 11.8 Å². The Balaban J connectivity index is 1.59. The van der Waals surface area contributed by atoms with Crippen LogP contribution in [0, 0.1) is 0 Å². The number of anilines is 1. The highest BCUT2D eigenvalue weighted by molar-refractivity contribution is 5.95. The summed E-state index contributed by atoms with van der Waals surface area (Å²) in [6.45, 7) is 0.804. The van der Waals surface area contributed by atoms with Crippen molar-refractivity contribution in [2.24, 2.45) is 0 Å². The summed E-state index contributed by atoms with van der Waals surface area (Å²) in [5.41, 5.74) is 1.93. The third-order valence-corrected chi connectivity index (χ3v) is 5.42. The first kappa shape index (κ1) is 17.7. The van der Waals surface area contributed by atoms with Crippen LogP contribution in [0.3, 0.4) is 0 Å². The molecule has 0 unspecified atom stereocenters. The molecule has 0 radical (unpaired) electrons. The number of carbonyl (C=O) groups excluding carboxylic acids is 2. The molecule has 0 N–H and O–H groups in total. The van der Waals surface area contributed by atoms with E-state index in [0.29, 0.717) is 12.5 Å². The van der Waals surface area contributed by atoms with Crippen molar-refractivity contribution in [3.63, 3.8) is 0 Å². The quantitative estimate of drug-likeness (QED) is 0.614. The van der Waals surface area contributed by atoms with E-state index in [1.807, 2.05) is 47.2 Å². The summed E-state index contributed by atoms with van der Waals surface area (Å²) >= 11 is 0. The zero-order valence-corrected chi connectivity index (χ0v) is 15.1. The van der Waals surface area contributed by atoms with Crippen LogP contribution in [0.15, 0.2) is 30.3 Å². The second kappa shape index (κ2) is 8.32. The largest absolute Gasteiger partial charge is 0.339 e. The predicted molar refractivity (Wildman–Crippen MR) is 101 cm³/mol. The van der Waals surface area contributed by atoms with Crippen LogP contribution in [0.1, 0.15) is 56.9 Å². The first-order chi connectivity index (χ1) is 12.1. The maximum atomic E-state index is 12.4. The fourth-order valence-corrected chi connectivity index (χ4v) is 3.80. The van der Waals surface area contributed by atoms with E-state index in [4.69, 9.17) is 0 Å². The number of hydrogen-bond acceptors (Lipinski definition) is 2. The van der Waals surface area contributed by atoms with Gasteiger partial charge in [0.15, 0.2) is 0 Å². The number of carbonyl (C=O) groups is 2. The van der Waals surface area contributed by atoms with Crippen LogP contribution in [-0.2, 0) is 9.59 Å². The van der Waals surface area contributed by atoms with Gasteiger partial charge in [-0.05, 0) is 43.0 Å². The highest BCUT2D eigenvalue weighted by Crippen LogP contribution is 2.23. The average molecular weight is 340 g/mol. The molecule has 1 heterocycles. The molecule has 1 aliphatic carbocycles. The normalized spacial score (nSPS) is 19.4. The third-order valence-electron chi connectivity index (χ3n) is 5.42. The number of benzene rings is 1. The van der Waals surface area contributed by atoms with E-state index >= 15 is 0 Å². The zero-order chi connectivity index (χ0) is 17.6. The van der Waals surface area contributed by atoms with Gasteiger partial charge in [-0.3, -0.25) is 9.59 Å². The number of amides is 2. The molecule has 0 aromatic heterocycles. The Bertz CT molecular complexity index is 628. The van der Waals surface area contributed by atoms with E-state index in [1.54, 1.807) is 6.08 Å². The van der Waals surface area contributed by atoms with Crippen molar-refractivity contribution in [2.45, 2.75) is 57.4 Å². The highest BCUT2D eigenvalue weighted by Gasteiger charge is 2.21. The summed E-state index contributed by atoms with van der Waals surface area (Å²) < 4.78 is 0. The van der Waals surface area contributed by atoms with Crippen LogP contribution in [0.2, 0.25) is 0 Å². The average Bonchev–Trinajstić information content (AvgIpc) is 2.89. The summed E-state index contributed by atoms with van der Waals surface area (Å²) in [4.78, 5) is 28.0. The first-order valence-corrected chi connectivity index (χ1v) is 9.50. The summed E-state index contributed by atoms with van der Waals surface area (Å²) in [6.07, 6.45) is 12.4. The molecule has 4 heteroatoms. The van der Waals surface area contributed by atoms with E-state index in [1.165, 1.54) is 25.7 Å². The molecule has 1 saturated carbocycles. The van der Waals surface area contributed by atoms with Crippen molar-refractivity contribution in [3.8, 4) is 0 Å². The molecule has 0 spiro atoms. The smallest absolute Gasteiger partial charge is 0.246 e. The van der Waals surface area contributed by atoms with E-state index in [2.05, 4.69) is 0 Å². The van der Waals surface area contributed by atoms with E-state index in [9.17, 15) is 9.59 Å². The van der Waals surface area contributed by atoms with Gasteiger partial charge in [-0.1, -0.05) is 37.8 Å². The van der Waals surface area contributed by atoms with Crippen LogP contribution in [0.5, 0.6) is 0 Å². The van der Waals surface area contributed by atoms with Gasteiger partial charge >= 0.3 is 0 Å². The molecule has 2 aliphatic rings. The van der Waals surface area contributed by atoms with Gasteiger partial charge < -0.3 is 9.80 Å². The first-order valence-electron chi connectivity index (χ1n) is 9.50. The highest BCUT2D eigenvalue weighted by atomic mass is 16.2. The van der Waals surface area contributed by atoms with E-state index in [0.717, 1.165) is 37.1 Å². The van der Waals surface area contributed by atoms with Gasteiger partial charge in [-0.25, -0.2) is 0 Å². The summed E-state index contributed by atoms with van der Waals surface area (Å²) in [7, 11) is 1.92. The van der Waals surface area contributed by atoms with Gasteiger partial charge in [-0.2, -0.15) is 0 Å². The van der Waals surface area contributed by atoms with Crippen molar-refractivity contribution in [1.29, 1.82) is 0 Å². The number of rotatable bonds is 4. The molecule has 1 aliphatic heterocycles. The van der Waals surface area contributed by atoms with Gasteiger partial charge in [0, 0.05) is 37.8 Å². The molecular formula is C21H28N2O2. The maximum Gasteiger partial charge on any atom is 0.246 e. The van der Waals surface area contributed by atoms with Crippen molar-refractivity contribution in [1.82, 2.24) is 4.90 Å². The Kier molecular flexibility index (Phi) is 5.90. The standard InChI is InChI=1S/C21H28N2O2/c1-22(18-7-4-2-3-5-8-18)20(24)15-12-17-10-13-19(14-11-17)23-16-6-9-21(23)25/h10-15,18H,2-9,16H2,1H3/b15-12+. The van der Waals surface area contributed by atoms with Crippen molar-refractivity contribution >= 4 is 23.6 Å². The fourth-order valence-electron chi connectivity index (χ4n) is 3.80. The number of likely N-dealkylation sites (N-methyl/N-ethyl adjacent to an activating group) is 1. The third kappa shape index (κ3) is 4.50. The van der Waals surface area contributed by atoms with Gasteiger partial charge in [0.1, 0.15) is 0 Å². The SMILES string of the molecule is CN(C(=O)/C=C/c1ccc(N2CCCC2=O)cc1)C1CCCCCC1. The van der Waals surface area contributed by atoms with E-state index in [-0.39, 0.29) is 11.8 Å². The fraction of sp³-hybridized carbons (Fsp3) is 0.524. The summed E-state index contributed by atoms with van der Waals surface area (Å²) in [5.74, 6) is 0.272. The van der Waals surface area contributed by atoms with Crippen molar-refractivity contribution in [3.05, 3.63) is 35.9 Å². The van der Waals surface area contributed by atoms with Crippen LogP contribution in [-0.4, -0.2) is 36.3 Å². The molecule has 1 aromatic carbocycles.